The zero-order valence-corrected chi connectivity index (χ0v) is 33.8. The SMILES string of the molecule is CC1(C)c2ccccc2N(c2ccccc2)c2cc3c4ccccc4n(-c4ccc(-c5ccccc5)cc4-c4nc(-c5ccccc5)c(C#N)c(-c5ccccc5)n4)c3cc21. The summed E-state index contributed by atoms with van der Waals surface area (Å²) in [5.41, 5.74) is 15.1. The van der Waals surface area contributed by atoms with Crippen LogP contribution in [0.2, 0.25) is 0 Å². The van der Waals surface area contributed by atoms with E-state index in [2.05, 4.69) is 163 Å². The first-order valence-electron chi connectivity index (χ1n) is 20.6. The minimum atomic E-state index is -0.307. The Bertz CT molecular complexity index is 3270. The van der Waals surface area contributed by atoms with Crippen molar-refractivity contribution in [2.75, 3.05) is 4.90 Å². The van der Waals surface area contributed by atoms with Gasteiger partial charge in [-0.3, -0.25) is 0 Å². The monoisotopic (exact) mass is 781 g/mol. The van der Waals surface area contributed by atoms with Crippen LogP contribution >= 0.6 is 0 Å². The molecule has 0 aliphatic carbocycles. The fourth-order valence-electron chi connectivity index (χ4n) is 9.29. The van der Waals surface area contributed by atoms with Gasteiger partial charge in [0.15, 0.2) is 5.82 Å². The average molecular weight is 782 g/mol. The summed E-state index contributed by atoms with van der Waals surface area (Å²) in [5.74, 6) is 0.540. The first-order chi connectivity index (χ1) is 30.0. The van der Waals surface area contributed by atoms with Crippen LogP contribution in [0.1, 0.15) is 30.5 Å². The zero-order chi connectivity index (χ0) is 41.1. The molecule has 11 rings (SSSR count). The van der Waals surface area contributed by atoms with Crippen molar-refractivity contribution < 1.29 is 0 Å². The van der Waals surface area contributed by atoms with Gasteiger partial charge in [-0.1, -0.05) is 166 Å². The Kier molecular flexibility index (Phi) is 8.47. The van der Waals surface area contributed by atoms with Crippen LogP contribution in [0.4, 0.5) is 17.1 Å². The van der Waals surface area contributed by atoms with E-state index in [0.29, 0.717) is 22.8 Å². The zero-order valence-electron chi connectivity index (χ0n) is 33.8. The number of aromatic nitrogens is 3. The number of nitrogens with zero attached hydrogens (tertiary/aromatic N) is 5. The molecule has 0 fully saturated rings. The maximum absolute atomic E-state index is 10.8. The highest BCUT2D eigenvalue weighted by molar-refractivity contribution is 6.12. The quantitative estimate of drug-likeness (QED) is 0.169. The normalized spacial score (nSPS) is 12.8. The highest BCUT2D eigenvalue weighted by Crippen LogP contribution is 2.54. The summed E-state index contributed by atoms with van der Waals surface area (Å²) in [5, 5.41) is 13.1. The van der Waals surface area contributed by atoms with E-state index in [1.54, 1.807) is 0 Å². The van der Waals surface area contributed by atoms with Crippen molar-refractivity contribution in [3.8, 4) is 56.8 Å². The molecule has 0 saturated heterocycles. The van der Waals surface area contributed by atoms with Crippen LogP contribution in [-0.2, 0) is 5.41 Å². The van der Waals surface area contributed by atoms with E-state index in [1.165, 1.54) is 22.5 Å². The van der Waals surface area contributed by atoms with E-state index in [1.807, 2.05) is 66.7 Å². The minimum Gasteiger partial charge on any atom is -0.310 e. The van der Waals surface area contributed by atoms with Crippen LogP contribution in [0.3, 0.4) is 0 Å². The first-order valence-corrected chi connectivity index (χ1v) is 20.6. The molecule has 5 nitrogen and oxygen atoms in total. The van der Waals surface area contributed by atoms with Gasteiger partial charge in [0.25, 0.3) is 0 Å². The summed E-state index contributed by atoms with van der Waals surface area (Å²) < 4.78 is 2.39. The number of nitriles is 1. The van der Waals surface area contributed by atoms with Crippen molar-refractivity contribution in [1.29, 1.82) is 5.26 Å². The Morgan fingerprint density at radius 2 is 1.03 bits per heavy atom. The van der Waals surface area contributed by atoms with Crippen molar-refractivity contribution in [3.05, 3.63) is 217 Å². The smallest absolute Gasteiger partial charge is 0.162 e. The second-order valence-corrected chi connectivity index (χ2v) is 16.1. The van der Waals surface area contributed by atoms with E-state index in [9.17, 15) is 5.26 Å². The Morgan fingerprint density at radius 3 is 1.69 bits per heavy atom. The van der Waals surface area contributed by atoms with Crippen LogP contribution < -0.4 is 4.90 Å². The van der Waals surface area contributed by atoms with E-state index in [0.717, 1.165) is 61.0 Å². The van der Waals surface area contributed by atoms with E-state index in [-0.39, 0.29) is 5.41 Å². The molecule has 0 spiro atoms. The third-order valence-corrected chi connectivity index (χ3v) is 12.2. The van der Waals surface area contributed by atoms with Crippen molar-refractivity contribution in [1.82, 2.24) is 14.5 Å². The predicted octanol–water partition coefficient (Wildman–Crippen LogP) is 14.2. The molecule has 0 radical (unpaired) electrons. The Balaban J connectivity index is 1.24. The molecule has 0 unspecified atom stereocenters. The third-order valence-electron chi connectivity index (χ3n) is 12.2. The van der Waals surface area contributed by atoms with Crippen LogP contribution in [0.5, 0.6) is 0 Å². The molecular weight excluding hydrogens is 743 g/mol. The van der Waals surface area contributed by atoms with Gasteiger partial charge in [-0.2, -0.15) is 5.26 Å². The molecule has 0 amide bonds. The van der Waals surface area contributed by atoms with Gasteiger partial charge in [0.05, 0.1) is 39.5 Å². The van der Waals surface area contributed by atoms with Crippen LogP contribution in [0.15, 0.2) is 200 Å². The number of anilines is 3. The van der Waals surface area contributed by atoms with E-state index < -0.39 is 0 Å². The average Bonchev–Trinajstić information content (AvgIpc) is 3.65. The summed E-state index contributed by atoms with van der Waals surface area (Å²) in [4.78, 5) is 13.1. The van der Waals surface area contributed by atoms with Crippen molar-refractivity contribution >= 4 is 38.9 Å². The maximum atomic E-state index is 10.8. The summed E-state index contributed by atoms with van der Waals surface area (Å²) in [6.07, 6.45) is 0. The molecule has 288 valence electrons. The number of rotatable bonds is 6. The molecule has 61 heavy (non-hydrogen) atoms. The van der Waals surface area contributed by atoms with E-state index in [4.69, 9.17) is 9.97 Å². The van der Waals surface area contributed by atoms with Crippen molar-refractivity contribution in [2.24, 2.45) is 0 Å². The number of hydrogen-bond donors (Lipinski definition) is 0. The molecule has 1 aliphatic rings. The predicted molar refractivity (Wildman–Crippen MR) is 250 cm³/mol. The number of benzene rings is 8. The number of fused-ring (bicyclic) bond motifs is 5. The van der Waals surface area contributed by atoms with Gasteiger partial charge in [0, 0.05) is 38.6 Å². The number of para-hydroxylation sites is 3. The fourth-order valence-corrected chi connectivity index (χ4v) is 9.29. The van der Waals surface area contributed by atoms with Gasteiger partial charge < -0.3 is 9.47 Å². The molecule has 2 aromatic heterocycles. The Hall–Kier alpha value is -8.07. The second kappa shape index (κ2) is 14.3. The second-order valence-electron chi connectivity index (χ2n) is 16.1. The standard InChI is InChI=1S/C56H39N5/c1-56(2)46-28-16-18-30-50(46)60(41-25-13-6-14-26-41)52-34-43-42-27-15-17-29-48(42)61(51(43)35-47(52)56)49-32-31-40(37-19-7-3-8-20-37)33-44(49)55-58-53(38-21-9-4-10-22-38)45(36-57)54(59-55)39-23-11-5-12-24-39/h3-35H,1-2H3. The van der Waals surface area contributed by atoms with Gasteiger partial charge in [0.2, 0.25) is 0 Å². The molecule has 8 aromatic carbocycles. The Morgan fingerprint density at radius 1 is 0.459 bits per heavy atom. The molecule has 0 saturated carbocycles. The molecule has 0 atom stereocenters. The third kappa shape index (κ3) is 5.84. The van der Waals surface area contributed by atoms with Crippen molar-refractivity contribution in [2.45, 2.75) is 19.3 Å². The van der Waals surface area contributed by atoms with Gasteiger partial charge in [-0.15, -0.1) is 0 Å². The van der Waals surface area contributed by atoms with E-state index >= 15 is 0 Å². The van der Waals surface area contributed by atoms with Crippen molar-refractivity contribution in [3.63, 3.8) is 0 Å². The van der Waals surface area contributed by atoms with Gasteiger partial charge in [-0.25, -0.2) is 9.97 Å². The summed E-state index contributed by atoms with van der Waals surface area (Å²) in [6, 6.07) is 72.5. The van der Waals surface area contributed by atoms with Gasteiger partial charge >= 0.3 is 0 Å². The molecule has 10 aromatic rings. The highest BCUT2D eigenvalue weighted by atomic mass is 15.2. The van der Waals surface area contributed by atoms with Gasteiger partial charge in [-0.05, 0) is 70.8 Å². The summed E-state index contributed by atoms with van der Waals surface area (Å²) in [7, 11) is 0. The molecule has 0 bridgehead atoms. The lowest BCUT2D eigenvalue weighted by molar-refractivity contribution is 0.632. The lowest BCUT2D eigenvalue weighted by Crippen LogP contribution is -2.30. The van der Waals surface area contributed by atoms with Crippen LogP contribution in [-0.4, -0.2) is 14.5 Å². The molecule has 3 heterocycles. The summed E-state index contributed by atoms with van der Waals surface area (Å²) >= 11 is 0. The largest absolute Gasteiger partial charge is 0.310 e. The minimum absolute atomic E-state index is 0.307. The van der Waals surface area contributed by atoms with Crippen LogP contribution in [0, 0.1) is 11.3 Å². The van der Waals surface area contributed by atoms with Crippen LogP contribution in [0.25, 0.3) is 72.5 Å². The molecule has 1 aliphatic heterocycles. The fraction of sp³-hybridized carbons (Fsp3) is 0.0536. The Labute approximate surface area is 355 Å². The maximum Gasteiger partial charge on any atom is 0.162 e. The topological polar surface area (TPSA) is 57.7 Å². The molecule has 0 N–H and O–H groups in total. The lowest BCUT2D eigenvalue weighted by atomic mass is 9.73. The summed E-state index contributed by atoms with van der Waals surface area (Å²) in [6.45, 7) is 4.68. The first kappa shape index (κ1) is 36.0. The lowest BCUT2D eigenvalue weighted by Gasteiger charge is -2.42. The number of hydrogen-bond acceptors (Lipinski definition) is 4. The molecular formula is C56H39N5. The molecule has 5 heteroatoms. The van der Waals surface area contributed by atoms with Gasteiger partial charge in [0.1, 0.15) is 11.6 Å². The highest BCUT2D eigenvalue weighted by Gasteiger charge is 2.38.